The van der Waals surface area contributed by atoms with E-state index in [0.29, 0.717) is 18.7 Å². The van der Waals surface area contributed by atoms with Crippen LogP contribution in [0.3, 0.4) is 0 Å². The van der Waals surface area contributed by atoms with Crippen LogP contribution in [-0.2, 0) is 16.1 Å². The average Bonchev–Trinajstić information content (AvgIpc) is 2.82. The zero-order chi connectivity index (χ0) is 24.7. The largest absolute Gasteiger partial charge is 0.393 e. The normalized spacial score (nSPS) is 14.9. The summed E-state index contributed by atoms with van der Waals surface area (Å²) in [5.74, 6) is -0.905. The number of amides is 2. The summed E-state index contributed by atoms with van der Waals surface area (Å²) >= 11 is 0. The third-order valence-electron chi connectivity index (χ3n) is 5.53. The minimum atomic E-state index is -0.825. The predicted molar refractivity (Wildman–Crippen MR) is 130 cm³/mol. The van der Waals surface area contributed by atoms with Crippen molar-refractivity contribution in [3.63, 3.8) is 0 Å². The zero-order valence-electron chi connectivity index (χ0n) is 19.1. The van der Waals surface area contributed by atoms with Crippen LogP contribution in [0.1, 0.15) is 12.5 Å². The molecule has 180 valence electrons. The quantitative estimate of drug-likeness (QED) is 0.289. The van der Waals surface area contributed by atoms with Crippen molar-refractivity contribution in [2.45, 2.75) is 13.5 Å². The first-order valence-corrected chi connectivity index (χ1v) is 10.9. The third-order valence-corrected chi connectivity index (χ3v) is 5.53. The molecule has 0 aromatic heterocycles. The number of benzene rings is 2. The van der Waals surface area contributed by atoms with Gasteiger partial charge in [-0.3, -0.25) is 9.59 Å². The van der Waals surface area contributed by atoms with Crippen LogP contribution in [0.5, 0.6) is 0 Å². The van der Waals surface area contributed by atoms with Crippen LogP contribution in [0, 0.1) is 5.82 Å². The molecule has 0 radical (unpaired) electrons. The van der Waals surface area contributed by atoms with E-state index in [2.05, 4.69) is 15.5 Å². The first kappa shape index (κ1) is 24.4. The molecule has 0 unspecified atom stereocenters. The molecule has 9 nitrogen and oxygen atoms in total. The van der Waals surface area contributed by atoms with Crippen molar-refractivity contribution < 1.29 is 14.0 Å². The van der Waals surface area contributed by atoms with Gasteiger partial charge in [0.15, 0.2) is 0 Å². The Morgan fingerprint density at radius 3 is 2.24 bits per heavy atom. The molecule has 2 amide bonds. The van der Waals surface area contributed by atoms with E-state index in [9.17, 15) is 14.0 Å². The molecule has 1 aliphatic heterocycles. The maximum atomic E-state index is 13.9. The van der Waals surface area contributed by atoms with Gasteiger partial charge in [0.05, 0.1) is 5.70 Å². The zero-order valence-corrected chi connectivity index (χ0v) is 19.1. The molecule has 0 saturated carbocycles. The van der Waals surface area contributed by atoms with Crippen molar-refractivity contribution in [1.82, 2.24) is 10.2 Å². The van der Waals surface area contributed by atoms with Crippen molar-refractivity contribution in [1.29, 1.82) is 0 Å². The van der Waals surface area contributed by atoms with E-state index in [1.165, 1.54) is 12.1 Å². The number of hydrogen-bond donors (Lipinski definition) is 5. The van der Waals surface area contributed by atoms with Gasteiger partial charge in [-0.1, -0.05) is 18.2 Å². The molecule has 0 aliphatic carbocycles. The number of allylic oxidation sites excluding steroid dienone is 1. The summed E-state index contributed by atoms with van der Waals surface area (Å²) < 4.78 is 13.9. The highest BCUT2D eigenvalue weighted by atomic mass is 19.1. The van der Waals surface area contributed by atoms with Gasteiger partial charge >= 0.3 is 0 Å². The number of nitrogens with zero attached hydrogens (tertiary/aromatic N) is 2. The highest BCUT2D eigenvalue weighted by Crippen LogP contribution is 2.20. The molecule has 0 atom stereocenters. The van der Waals surface area contributed by atoms with E-state index in [1.807, 2.05) is 29.2 Å². The summed E-state index contributed by atoms with van der Waals surface area (Å²) in [6.07, 6.45) is 1.44. The highest BCUT2D eigenvalue weighted by Gasteiger charge is 2.18. The molecular weight excluding hydrogens is 437 g/mol. The smallest absolute Gasteiger partial charge is 0.266 e. The Kier molecular flexibility index (Phi) is 7.96. The maximum Gasteiger partial charge on any atom is 0.266 e. The number of nitrogens with one attached hydrogen (secondary N) is 2. The van der Waals surface area contributed by atoms with Crippen molar-refractivity contribution >= 4 is 23.2 Å². The monoisotopic (exact) mass is 467 g/mol. The Labute approximate surface area is 198 Å². The predicted octanol–water partition coefficient (Wildman–Crippen LogP) is 1.15. The topological polar surface area (TPSA) is 143 Å². The number of nitrogens with two attached hydrogens (primary N) is 3. The molecule has 2 aromatic rings. The fraction of sp³-hybridized carbons (Fsp3) is 0.250. The number of carbonyl (C=O) groups excluding carboxylic acids is 2. The Morgan fingerprint density at radius 2 is 1.65 bits per heavy atom. The summed E-state index contributed by atoms with van der Waals surface area (Å²) in [6, 6.07) is 13.9. The lowest BCUT2D eigenvalue weighted by molar-refractivity contribution is -0.129. The van der Waals surface area contributed by atoms with Crippen molar-refractivity contribution in [2.24, 2.45) is 17.2 Å². The van der Waals surface area contributed by atoms with Gasteiger partial charge in [0.2, 0.25) is 5.91 Å². The van der Waals surface area contributed by atoms with Crippen LogP contribution in [0.4, 0.5) is 15.8 Å². The molecule has 8 N–H and O–H groups in total. The van der Waals surface area contributed by atoms with Gasteiger partial charge in [-0.05, 0) is 30.3 Å². The second-order valence-corrected chi connectivity index (χ2v) is 7.90. The Hall–Kier alpha value is -4.21. The number of hydrogen-bond acceptors (Lipinski definition) is 7. The van der Waals surface area contributed by atoms with Gasteiger partial charge in [0.1, 0.15) is 17.3 Å². The van der Waals surface area contributed by atoms with Gasteiger partial charge in [0, 0.05) is 62.7 Å². The second kappa shape index (κ2) is 11.1. The first-order valence-electron chi connectivity index (χ1n) is 10.9. The van der Waals surface area contributed by atoms with E-state index in [1.54, 1.807) is 25.1 Å². The average molecular weight is 468 g/mol. The van der Waals surface area contributed by atoms with E-state index >= 15 is 0 Å². The summed E-state index contributed by atoms with van der Waals surface area (Å²) in [5, 5.41) is 5.96. The van der Waals surface area contributed by atoms with Gasteiger partial charge < -0.3 is 37.6 Å². The van der Waals surface area contributed by atoms with Gasteiger partial charge in [-0.2, -0.15) is 0 Å². The van der Waals surface area contributed by atoms with Crippen LogP contribution in [0.15, 0.2) is 71.8 Å². The SMILES string of the molecule is CC(=O)N1CCN(c2ccc(N/C(N)=C/C(NCc3ccccc3F)=C(\N)C(N)=O)cc2)CC1. The maximum absolute atomic E-state index is 13.9. The number of halogens is 1. The van der Waals surface area contributed by atoms with Crippen molar-refractivity contribution in [2.75, 3.05) is 36.4 Å². The second-order valence-electron chi connectivity index (χ2n) is 7.90. The summed E-state index contributed by atoms with van der Waals surface area (Å²) in [4.78, 5) is 27.2. The molecule has 0 spiro atoms. The Balaban J connectivity index is 1.66. The Bertz CT molecular complexity index is 1090. The molecule has 0 bridgehead atoms. The number of piperazine rings is 1. The fourth-order valence-electron chi connectivity index (χ4n) is 3.58. The van der Waals surface area contributed by atoms with E-state index < -0.39 is 5.91 Å². The number of rotatable bonds is 8. The lowest BCUT2D eigenvalue weighted by Gasteiger charge is -2.35. The minimum absolute atomic E-state index is 0.0886. The van der Waals surface area contributed by atoms with Gasteiger partial charge in [-0.25, -0.2) is 4.39 Å². The van der Waals surface area contributed by atoms with Crippen molar-refractivity contribution in [3.8, 4) is 0 Å². The minimum Gasteiger partial charge on any atom is -0.393 e. The van der Waals surface area contributed by atoms with Crippen LogP contribution in [0.25, 0.3) is 0 Å². The van der Waals surface area contributed by atoms with Crippen LogP contribution in [-0.4, -0.2) is 42.9 Å². The van der Waals surface area contributed by atoms with Crippen molar-refractivity contribution in [3.05, 3.63) is 83.2 Å². The standard InChI is InChI=1S/C24H30FN7O2/c1-16(33)31-10-12-32(13-11-31)19-8-6-18(7-9-19)30-22(26)14-21(23(27)24(28)34)29-15-17-4-2-3-5-20(17)25/h2-9,14,29-30H,10-13,15,26-27H2,1H3,(H2,28,34)/b22-14+,23-21+. The van der Waals surface area contributed by atoms with Gasteiger partial charge in [0.25, 0.3) is 5.91 Å². The van der Waals surface area contributed by atoms with E-state index in [4.69, 9.17) is 17.2 Å². The lowest BCUT2D eigenvalue weighted by Crippen LogP contribution is -2.48. The van der Waals surface area contributed by atoms with Crippen LogP contribution < -0.4 is 32.7 Å². The van der Waals surface area contributed by atoms with E-state index in [0.717, 1.165) is 24.5 Å². The molecular formula is C24H30FN7O2. The molecule has 1 aliphatic rings. The summed E-state index contributed by atoms with van der Waals surface area (Å²) in [7, 11) is 0. The molecule has 10 heteroatoms. The van der Waals surface area contributed by atoms with Gasteiger partial charge in [-0.15, -0.1) is 0 Å². The Morgan fingerprint density at radius 1 is 1.00 bits per heavy atom. The molecule has 1 saturated heterocycles. The van der Waals surface area contributed by atoms with Crippen LogP contribution >= 0.6 is 0 Å². The highest BCUT2D eigenvalue weighted by molar-refractivity contribution is 5.92. The number of carbonyl (C=O) groups is 2. The third kappa shape index (κ3) is 6.41. The lowest BCUT2D eigenvalue weighted by atomic mass is 10.2. The summed E-state index contributed by atoms with van der Waals surface area (Å²) in [5.41, 5.74) is 19.4. The molecule has 34 heavy (non-hydrogen) atoms. The first-order chi connectivity index (χ1) is 16.2. The number of primary amides is 1. The fourth-order valence-corrected chi connectivity index (χ4v) is 3.58. The molecule has 3 rings (SSSR count). The van der Waals surface area contributed by atoms with E-state index in [-0.39, 0.29) is 35.5 Å². The summed E-state index contributed by atoms with van der Waals surface area (Å²) in [6.45, 7) is 4.60. The van der Waals surface area contributed by atoms with Crippen LogP contribution in [0.2, 0.25) is 0 Å². The molecule has 1 fully saturated rings. The molecule has 2 aromatic carbocycles. The molecule has 1 heterocycles. The number of anilines is 2.